The van der Waals surface area contributed by atoms with Gasteiger partial charge in [0.1, 0.15) is 26.2 Å². The summed E-state index contributed by atoms with van der Waals surface area (Å²) < 4.78 is 1.23. The summed E-state index contributed by atoms with van der Waals surface area (Å²) in [7, 11) is 0. The van der Waals surface area contributed by atoms with Crippen molar-refractivity contribution in [2.24, 2.45) is 0 Å². The van der Waals surface area contributed by atoms with E-state index in [1.807, 2.05) is 25.1 Å². The minimum absolute atomic E-state index is 0.0177. The van der Waals surface area contributed by atoms with Crippen LogP contribution in [0.3, 0.4) is 0 Å². The van der Waals surface area contributed by atoms with E-state index < -0.39 is 0 Å². The van der Waals surface area contributed by atoms with E-state index in [0.717, 1.165) is 48.8 Å². The fourth-order valence-corrected chi connectivity index (χ4v) is 5.02. The fraction of sp³-hybridized carbons (Fsp3) is 0.391. The SMILES string of the molecule is CC[NH+]1CC[NH+]([C@H](C)C(=O)Nc2ccc(Cc3nc4ccccc4s3)cc2)CC1. The summed E-state index contributed by atoms with van der Waals surface area (Å²) in [6, 6.07) is 16.4. The van der Waals surface area contributed by atoms with Crippen molar-refractivity contribution >= 4 is 33.1 Å². The maximum absolute atomic E-state index is 12.7. The first kappa shape index (κ1) is 20.0. The number of fused-ring (bicyclic) bond motifs is 1. The molecule has 0 unspecified atom stereocenters. The number of rotatable bonds is 6. The Bertz CT molecular complexity index is 927. The Morgan fingerprint density at radius 3 is 2.52 bits per heavy atom. The van der Waals surface area contributed by atoms with Crippen molar-refractivity contribution < 1.29 is 14.6 Å². The van der Waals surface area contributed by atoms with E-state index in [1.165, 1.54) is 21.7 Å². The Morgan fingerprint density at radius 1 is 1.10 bits per heavy atom. The molecular formula is C23H30N4OS+2. The molecule has 0 aliphatic carbocycles. The monoisotopic (exact) mass is 410 g/mol. The summed E-state index contributed by atoms with van der Waals surface area (Å²) >= 11 is 1.74. The summed E-state index contributed by atoms with van der Waals surface area (Å²) in [5.41, 5.74) is 3.14. The molecule has 3 aromatic rings. The van der Waals surface area contributed by atoms with Crippen LogP contribution in [0.5, 0.6) is 0 Å². The molecule has 1 atom stereocenters. The first-order valence-electron chi connectivity index (χ1n) is 10.5. The van der Waals surface area contributed by atoms with Crippen LogP contribution in [0.2, 0.25) is 0 Å². The fourth-order valence-electron chi connectivity index (χ4n) is 4.02. The largest absolute Gasteiger partial charge is 0.326 e. The van der Waals surface area contributed by atoms with Gasteiger partial charge in [0, 0.05) is 12.1 Å². The highest BCUT2D eigenvalue weighted by Crippen LogP contribution is 2.24. The second-order valence-electron chi connectivity index (χ2n) is 7.92. The van der Waals surface area contributed by atoms with Gasteiger partial charge in [0.05, 0.1) is 21.8 Å². The van der Waals surface area contributed by atoms with Crippen LogP contribution in [0, 0.1) is 0 Å². The number of carbonyl (C=O) groups is 1. The lowest BCUT2D eigenvalue weighted by Gasteiger charge is -2.32. The predicted molar refractivity (Wildman–Crippen MR) is 119 cm³/mol. The normalized spacial score (nSPS) is 20.5. The van der Waals surface area contributed by atoms with Gasteiger partial charge in [-0.1, -0.05) is 24.3 Å². The van der Waals surface area contributed by atoms with Crippen molar-refractivity contribution in [1.82, 2.24) is 4.98 Å². The average Bonchev–Trinajstić information content (AvgIpc) is 3.17. The molecule has 1 aromatic heterocycles. The molecule has 6 heteroatoms. The molecule has 152 valence electrons. The summed E-state index contributed by atoms with van der Waals surface area (Å²) in [4.78, 5) is 20.4. The highest BCUT2D eigenvalue weighted by Gasteiger charge is 2.30. The number of quaternary nitrogens is 2. The maximum atomic E-state index is 12.7. The lowest BCUT2D eigenvalue weighted by atomic mass is 10.1. The van der Waals surface area contributed by atoms with E-state index >= 15 is 0 Å². The molecule has 1 saturated heterocycles. The molecule has 1 amide bonds. The van der Waals surface area contributed by atoms with Crippen molar-refractivity contribution in [2.75, 3.05) is 38.0 Å². The molecule has 0 spiro atoms. The maximum Gasteiger partial charge on any atom is 0.282 e. The average molecular weight is 411 g/mol. The van der Waals surface area contributed by atoms with Gasteiger partial charge in [0.2, 0.25) is 0 Å². The van der Waals surface area contributed by atoms with Crippen LogP contribution in [0.25, 0.3) is 10.2 Å². The number of para-hydroxylation sites is 1. The second-order valence-corrected chi connectivity index (χ2v) is 9.04. The third kappa shape index (κ3) is 4.83. The van der Waals surface area contributed by atoms with Gasteiger partial charge in [-0.05, 0) is 43.7 Å². The number of anilines is 1. The zero-order valence-corrected chi connectivity index (χ0v) is 18.0. The number of aromatic nitrogens is 1. The van der Waals surface area contributed by atoms with E-state index in [1.54, 1.807) is 16.2 Å². The Hall–Kier alpha value is -2.28. The quantitative estimate of drug-likeness (QED) is 0.568. The lowest BCUT2D eigenvalue weighted by Crippen LogP contribution is -3.29. The number of nitrogens with one attached hydrogen (secondary N) is 3. The number of thiazole rings is 1. The van der Waals surface area contributed by atoms with Crippen LogP contribution in [-0.2, 0) is 11.2 Å². The van der Waals surface area contributed by atoms with E-state index in [2.05, 4.69) is 42.6 Å². The number of amides is 1. The molecule has 2 heterocycles. The summed E-state index contributed by atoms with van der Waals surface area (Å²) in [5.74, 6) is 0.110. The predicted octanol–water partition coefficient (Wildman–Crippen LogP) is 1.02. The Kier molecular flexibility index (Phi) is 6.23. The molecule has 1 aliphatic rings. The van der Waals surface area contributed by atoms with Crippen LogP contribution < -0.4 is 15.1 Å². The molecule has 29 heavy (non-hydrogen) atoms. The van der Waals surface area contributed by atoms with Crippen LogP contribution in [0.15, 0.2) is 48.5 Å². The van der Waals surface area contributed by atoms with Crippen molar-refractivity contribution in [3.05, 3.63) is 59.1 Å². The minimum Gasteiger partial charge on any atom is -0.326 e. The number of piperazine rings is 1. The van der Waals surface area contributed by atoms with Crippen LogP contribution >= 0.6 is 11.3 Å². The Morgan fingerprint density at radius 2 is 1.83 bits per heavy atom. The van der Waals surface area contributed by atoms with Crippen molar-refractivity contribution in [3.63, 3.8) is 0 Å². The highest BCUT2D eigenvalue weighted by molar-refractivity contribution is 7.18. The molecule has 2 aromatic carbocycles. The molecule has 3 N–H and O–H groups in total. The van der Waals surface area contributed by atoms with Gasteiger partial charge in [-0.25, -0.2) is 4.98 Å². The summed E-state index contributed by atoms with van der Waals surface area (Å²) in [5, 5.41) is 4.22. The van der Waals surface area contributed by atoms with E-state index in [0.29, 0.717) is 0 Å². The molecule has 0 saturated carbocycles. The first-order chi connectivity index (χ1) is 14.1. The van der Waals surface area contributed by atoms with Gasteiger partial charge < -0.3 is 15.1 Å². The van der Waals surface area contributed by atoms with Crippen molar-refractivity contribution in [1.29, 1.82) is 0 Å². The third-order valence-corrected chi connectivity index (χ3v) is 7.06. The van der Waals surface area contributed by atoms with Gasteiger partial charge in [-0.15, -0.1) is 11.3 Å². The Balaban J connectivity index is 1.33. The number of benzene rings is 2. The van der Waals surface area contributed by atoms with E-state index in [9.17, 15) is 4.79 Å². The zero-order chi connectivity index (χ0) is 20.2. The highest BCUT2D eigenvalue weighted by atomic mass is 32.1. The zero-order valence-electron chi connectivity index (χ0n) is 17.2. The van der Waals surface area contributed by atoms with Crippen LogP contribution in [-0.4, -0.2) is 49.7 Å². The minimum atomic E-state index is -0.0177. The van der Waals surface area contributed by atoms with Crippen LogP contribution in [0.4, 0.5) is 5.69 Å². The van der Waals surface area contributed by atoms with Crippen LogP contribution in [0.1, 0.15) is 24.4 Å². The van der Waals surface area contributed by atoms with Gasteiger partial charge >= 0.3 is 0 Å². The topological polar surface area (TPSA) is 50.9 Å². The molecule has 0 radical (unpaired) electrons. The molecule has 4 rings (SSSR count). The number of nitrogens with zero attached hydrogens (tertiary/aromatic N) is 1. The number of hydrogen-bond donors (Lipinski definition) is 3. The Labute approximate surface area is 176 Å². The molecule has 1 aliphatic heterocycles. The molecule has 5 nitrogen and oxygen atoms in total. The second kappa shape index (κ2) is 9.03. The van der Waals surface area contributed by atoms with Gasteiger partial charge in [-0.2, -0.15) is 0 Å². The summed E-state index contributed by atoms with van der Waals surface area (Å²) in [6.45, 7) is 9.91. The van der Waals surface area contributed by atoms with Gasteiger partial charge in [0.15, 0.2) is 6.04 Å². The summed E-state index contributed by atoms with van der Waals surface area (Å²) in [6.07, 6.45) is 0.818. The standard InChI is InChI=1S/C23H28N4OS/c1-3-26-12-14-27(15-13-26)17(2)23(28)24-19-10-8-18(9-11-19)16-22-25-20-6-4-5-7-21(20)29-22/h4-11,17H,3,12-16H2,1-2H3,(H,24,28)/p+2/t17-/m1/s1. The van der Waals surface area contributed by atoms with Crippen molar-refractivity contribution in [2.45, 2.75) is 26.3 Å². The van der Waals surface area contributed by atoms with E-state index in [-0.39, 0.29) is 11.9 Å². The first-order valence-corrected chi connectivity index (χ1v) is 11.4. The van der Waals surface area contributed by atoms with E-state index in [4.69, 9.17) is 4.98 Å². The number of carbonyl (C=O) groups excluding carboxylic acids is 1. The lowest BCUT2D eigenvalue weighted by molar-refractivity contribution is -1.02. The van der Waals surface area contributed by atoms with Gasteiger partial charge in [-0.3, -0.25) is 4.79 Å². The molecular weight excluding hydrogens is 380 g/mol. The van der Waals surface area contributed by atoms with Gasteiger partial charge in [0.25, 0.3) is 5.91 Å². The van der Waals surface area contributed by atoms with Crippen molar-refractivity contribution in [3.8, 4) is 0 Å². The smallest absolute Gasteiger partial charge is 0.282 e. The number of hydrogen-bond acceptors (Lipinski definition) is 3. The third-order valence-electron chi connectivity index (χ3n) is 6.02. The number of likely N-dealkylation sites (N-methyl/N-ethyl adjacent to an activating group) is 1. The molecule has 1 fully saturated rings. The molecule has 0 bridgehead atoms.